The third-order valence-electron chi connectivity index (χ3n) is 6.18. The van der Waals surface area contributed by atoms with Crippen molar-refractivity contribution in [2.45, 2.75) is 39.0 Å². The molecule has 0 radical (unpaired) electrons. The lowest BCUT2D eigenvalue weighted by atomic mass is 10.1. The fourth-order valence-corrected chi connectivity index (χ4v) is 4.39. The summed E-state index contributed by atoms with van der Waals surface area (Å²) < 4.78 is 0. The van der Waals surface area contributed by atoms with E-state index in [1.165, 1.54) is 24.9 Å². The van der Waals surface area contributed by atoms with Crippen LogP contribution in [0.3, 0.4) is 0 Å². The van der Waals surface area contributed by atoms with Gasteiger partial charge in [0.2, 0.25) is 5.91 Å². The number of nitrogens with zero attached hydrogens (tertiary/aromatic N) is 2. The number of rotatable bonds is 6. The molecule has 31 heavy (non-hydrogen) atoms. The third-order valence-corrected chi connectivity index (χ3v) is 6.18. The first-order valence-corrected chi connectivity index (χ1v) is 11.4. The van der Waals surface area contributed by atoms with Gasteiger partial charge in [-0.3, -0.25) is 9.59 Å². The van der Waals surface area contributed by atoms with Crippen molar-refractivity contribution < 1.29 is 9.59 Å². The number of aryl methyl sites for hydroxylation is 1. The lowest BCUT2D eigenvalue weighted by Gasteiger charge is -2.28. The summed E-state index contributed by atoms with van der Waals surface area (Å²) in [6.45, 7) is 6.04. The minimum atomic E-state index is -0.0951. The molecule has 6 heteroatoms. The van der Waals surface area contributed by atoms with Crippen LogP contribution in [-0.2, 0) is 4.79 Å². The number of likely N-dealkylation sites (tertiary alicyclic amines) is 1. The second-order valence-electron chi connectivity index (χ2n) is 8.53. The van der Waals surface area contributed by atoms with Gasteiger partial charge < -0.3 is 20.4 Å². The topological polar surface area (TPSA) is 64.7 Å². The molecule has 4 rings (SSSR count). The zero-order chi connectivity index (χ0) is 21.6. The van der Waals surface area contributed by atoms with E-state index in [9.17, 15) is 9.59 Å². The van der Waals surface area contributed by atoms with Crippen molar-refractivity contribution in [2.24, 2.45) is 0 Å². The Bertz CT molecular complexity index is 914. The van der Waals surface area contributed by atoms with Crippen molar-refractivity contribution in [3.63, 3.8) is 0 Å². The number of benzene rings is 2. The molecule has 0 spiro atoms. The number of hydrogen-bond acceptors (Lipinski definition) is 4. The molecule has 6 nitrogen and oxygen atoms in total. The van der Waals surface area contributed by atoms with E-state index in [1.807, 2.05) is 42.2 Å². The van der Waals surface area contributed by atoms with Crippen molar-refractivity contribution >= 4 is 28.9 Å². The summed E-state index contributed by atoms with van der Waals surface area (Å²) in [5.41, 5.74) is 4.56. The summed E-state index contributed by atoms with van der Waals surface area (Å²) in [6, 6.07) is 13.7. The number of nitrogens with one attached hydrogen (secondary N) is 2. The highest BCUT2D eigenvalue weighted by atomic mass is 16.2. The van der Waals surface area contributed by atoms with Gasteiger partial charge in [-0.2, -0.15) is 0 Å². The Morgan fingerprint density at radius 3 is 2.23 bits per heavy atom. The van der Waals surface area contributed by atoms with Crippen LogP contribution in [0.25, 0.3) is 0 Å². The molecule has 2 heterocycles. The Balaban J connectivity index is 1.28. The average molecular weight is 421 g/mol. The first-order chi connectivity index (χ1) is 15.1. The standard InChI is InChI=1S/C25H32N4O2/c1-19-17-20(25(31)29-15-5-6-16-29)7-12-23(19)26-18-24(30)27-21-8-10-22(11-9-21)28-13-3-2-4-14-28/h7-12,17,26H,2-6,13-16,18H2,1H3,(H,27,30). The van der Waals surface area contributed by atoms with Crippen LogP contribution in [0.15, 0.2) is 42.5 Å². The van der Waals surface area contributed by atoms with Crippen molar-refractivity contribution in [1.29, 1.82) is 0 Å². The van der Waals surface area contributed by atoms with Gasteiger partial charge in [0, 0.05) is 48.8 Å². The molecule has 2 aromatic carbocycles. The van der Waals surface area contributed by atoms with E-state index in [0.717, 1.165) is 56.0 Å². The molecule has 0 atom stereocenters. The van der Waals surface area contributed by atoms with Gasteiger partial charge in [-0.25, -0.2) is 0 Å². The quantitative estimate of drug-likeness (QED) is 0.732. The molecule has 2 N–H and O–H groups in total. The Kier molecular flexibility index (Phi) is 6.75. The van der Waals surface area contributed by atoms with E-state index in [2.05, 4.69) is 27.7 Å². The molecule has 164 valence electrons. The van der Waals surface area contributed by atoms with E-state index in [-0.39, 0.29) is 18.4 Å². The largest absolute Gasteiger partial charge is 0.376 e. The Morgan fingerprint density at radius 2 is 1.55 bits per heavy atom. The molecule has 2 aromatic rings. The van der Waals surface area contributed by atoms with Crippen LogP contribution in [0.2, 0.25) is 0 Å². The molecule has 2 saturated heterocycles. The van der Waals surface area contributed by atoms with Gasteiger partial charge in [0.25, 0.3) is 5.91 Å². The van der Waals surface area contributed by atoms with Gasteiger partial charge >= 0.3 is 0 Å². The van der Waals surface area contributed by atoms with Crippen LogP contribution in [-0.4, -0.2) is 49.4 Å². The first-order valence-electron chi connectivity index (χ1n) is 11.4. The van der Waals surface area contributed by atoms with E-state index >= 15 is 0 Å². The number of hydrogen-bond donors (Lipinski definition) is 2. The molecule has 0 bridgehead atoms. The van der Waals surface area contributed by atoms with Gasteiger partial charge in [0.15, 0.2) is 0 Å². The highest BCUT2D eigenvalue weighted by Crippen LogP contribution is 2.22. The van der Waals surface area contributed by atoms with Crippen molar-refractivity contribution in [3.05, 3.63) is 53.6 Å². The van der Waals surface area contributed by atoms with Crippen LogP contribution < -0.4 is 15.5 Å². The summed E-state index contributed by atoms with van der Waals surface area (Å²) in [7, 11) is 0. The van der Waals surface area contributed by atoms with Crippen LogP contribution in [0.4, 0.5) is 17.1 Å². The SMILES string of the molecule is Cc1cc(C(=O)N2CCCC2)ccc1NCC(=O)Nc1ccc(N2CCCCC2)cc1. The molecule has 2 amide bonds. The van der Waals surface area contributed by atoms with Gasteiger partial charge in [-0.15, -0.1) is 0 Å². The summed E-state index contributed by atoms with van der Waals surface area (Å²) in [5, 5.41) is 6.13. The maximum absolute atomic E-state index is 12.5. The highest BCUT2D eigenvalue weighted by molar-refractivity contribution is 5.96. The second-order valence-corrected chi connectivity index (χ2v) is 8.53. The van der Waals surface area contributed by atoms with Crippen LogP contribution in [0.5, 0.6) is 0 Å². The van der Waals surface area contributed by atoms with Crippen LogP contribution in [0, 0.1) is 6.92 Å². The third kappa shape index (κ3) is 5.37. The lowest BCUT2D eigenvalue weighted by Crippen LogP contribution is -2.29. The van der Waals surface area contributed by atoms with Crippen LogP contribution >= 0.6 is 0 Å². The van der Waals surface area contributed by atoms with E-state index in [0.29, 0.717) is 5.56 Å². The fraction of sp³-hybridized carbons (Fsp3) is 0.440. The second kappa shape index (κ2) is 9.86. The number of piperidine rings is 1. The number of amides is 2. The molecule has 0 saturated carbocycles. The first kappa shape index (κ1) is 21.2. The number of carbonyl (C=O) groups is 2. The lowest BCUT2D eigenvalue weighted by molar-refractivity contribution is -0.114. The molecule has 2 fully saturated rings. The molecule has 2 aliphatic rings. The zero-order valence-electron chi connectivity index (χ0n) is 18.3. The van der Waals surface area contributed by atoms with Gasteiger partial charge in [0.1, 0.15) is 0 Å². The number of anilines is 3. The number of carbonyl (C=O) groups excluding carboxylic acids is 2. The van der Waals surface area contributed by atoms with E-state index in [4.69, 9.17) is 0 Å². The molecule has 2 aliphatic heterocycles. The van der Waals surface area contributed by atoms with Crippen molar-refractivity contribution in [2.75, 3.05) is 48.3 Å². The predicted molar refractivity (Wildman–Crippen MR) is 126 cm³/mol. The monoisotopic (exact) mass is 420 g/mol. The normalized spacial score (nSPS) is 16.3. The zero-order valence-corrected chi connectivity index (χ0v) is 18.3. The van der Waals surface area contributed by atoms with Crippen molar-refractivity contribution in [1.82, 2.24) is 4.90 Å². The predicted octanol–water partition coefficient (Wildman–Crippen LogP) is 4.27. The summed E-state index contributed by atoms with van der Waals surface area (Å²) in [5.74, 6) is 0.000218. The maximum Gasteiger partial charge on any atom is 0.253 e. The van der Waals surface area contributed by atoms with E-state index < -0.39 is 0 Å². The van der Waals surface area contributed by atoms with Crippen molar-refractivity contribution in [3.8, 4) is 0 Å². The summed E-state index contributed by atoms with van der Waals surface area (Å²) in [6.07, 6.45) is 5.98. The summed E-state index contributed by atoms with van der Waals surface area (Å²) in [4.78, 5) is 29.2. The smallest absolute Gasteiger partial charge is 0.253 e. The Hall–Kier alpha value is -3.02. The van der Waals surface area contributed by atoms with Gasteiger partial charge in [-0.05, 0) is 87.1 Å². The summed E-state index contributed by atoms with van der Waals surface area (Å²) >= 11 is 0. The minimum absolute atomic E-state index is 0.0951. The fourth-order valence-electron chi connectivity index (χ4n) is 4.39. The average Bonchev–Trinajstić information content (AvgIpc) is 3.34. The Labute approximate surface area is 184 Å². The minimum Gasteiger partial charge on any atom is -0.376 e. The Morgan fingerprint density at radius 1 is 0.871 bits per heavy atom. The maximum atomic E-state index is 12.5. The molecule has 0 aromatic heterocycles. The van der Waals surface area contributed by atoms with Crippen LogP contribution in [0.1, 0.15) is 48.0 Å². The molecular formula is C25H32N4O2. The van der Waals surface area contributed by atoms with Gasteiger partial charge in [-0.1, -0.05) is 0 Å². The highest BCUT2D eigenvalue weighted by Gasteiger charge is 2.20. The van der Waals surface area contributed by atoms with E-state index in [1.54, 1.807) is 0 Å². The van der Waals surface area contributed by atoms with Gasteiger partial charge in [0.05, 0.1) is 6.54 Å². The molecule has 0 unspecified atom stereocenters. The molecule has 0 aliphatic carbocycles. The molecular weight excluding hydrogens is 388 g/mol.